The van der Waals surface area contributed by atoms with E-state index in [4.69, 9.17) is 16.3 Å². The van der Waals surface area contributed by atoms with Crippen molar-refractivity contribution in [2.75, 3.05) is 6.61 Å². The summed E-state index contributed by atoms with van der Waals surface area (Å²) in [6, 6.07) is 5.57. The number of hydrogen-bond donors (Lipinski definition) is 0. The van der Waals surface area contributed by atoms with Gasteiger partial charge in [-0.05, 0) is 36.6 Å². The Morgan fingerprint density at radius 1 is 1.44 bits per heavy atom. The van der Waals surface area contributed by atoms with Crippen molar-refractivity contribution in [1.82, 2.24) is 0 Å². The largest absolute Gasteiger partial charge is 0.488 e. The molecule has 3 heteroatoms. The maximum absolute atomic E-state index is 11.6. The predicted octanol–water partition coefficient (Wildman–Crippen LogP) is 3.34. The summed E-state index contributed by atoms with van der Waals surface area (Å²) < 4.78 is 5.43. The molecule has 0 saturated carbocycles. The molecule has 0 aromatic heterocycles. The lowest BCUT2D eigenvalue weighted by molar-refractivity contribution is 0.0972. The highest BCUT2D eigenvalue weighted by Gasteiger charge is 2.17. The number of rotatable bonds is 3. The van der Waals surface area contributed by atoms with Crippen molar-refractivity contribution in [3.05, 3.63) is 40.9 Å². The number of aryl methyl sites for hydroxylation is 1. The fourth-order valence-corrected chi connectivity index (χ4v) is 1.93. The van der Waals surface area contributed by atoms with Crippen LogP contribution in [0.4, 0.5) is 0 Å². The summed E-state index contributed by atoms with van der Waals surface area (Å²) in [7, 11) is 0. The van der Waals surface area contributed by atoms with Gasteiger partial charge in [0.15, 0.2) is 5.78 Å². The van der Waals surface area contributed by atoms with Crippen molar-refractivity contribution in [3.8, 4) is 5.75 Å². The van der Waals surface area contributed by atoms with Gasteiger partial charge in [0, 0.05) is 17.0 Å². The molecule has 16 heavy (non-hydrogen) atoms. The molecular weight excluding hydrogens is 224 g/mol. The second-order valence-corrected chi connectivity index (χ2v) is 4.44. The van der Waals surface area contributed by atoms with E-state index < -0.39 is 0 Å². The Hall–Kier alpha value is -1.28. The van der Waals surface area contributed by atoms with E-state index in [1.54, 1.807) is 0 Å². The molecule has 0 radical (unpaired) electrons. The van der Waals surface area contributed by atoms with Gasteiger partial charge >= 0.3 is 0 Å². The molecule has 0 bridgehead atoms. The average molecular weight is 237 g/mol. The van der Waals surface area contributed by atoms with Gasteiger partial charge in [-0.15, -0.1) is 0 Å². The van der Waals surface area contributed by atoms with E-state index in [1.165, 1.54) is 0 Å². The van der Waals surface area contributed by atoms with Crippen molar-refractivity contribution in [2.24, 2.45) is 0 Å². The highest BCUT2D eigenvalue weighted by molar-refractivity contribution is 6.29. The van der Waals surface area contributed by atoms with Gasteiger partial charge < -0.3 is 4.74 Å². The lowest BCUT2D eigenvalue weighted by Gasteiger charge is -2.15. The molecule has 0 heterocycles. The van der Waals surface area contributed by atoms with Crippen molar-refractivity contribution in [2.45, 2.75) is 19.3 Å². The number of benzene rings is 1. The molecular formula is C13H13ClO2. The van der Waals surface area contributed by atoms with Crippen LogP contribution in [0.3, 0.4) is 0 Å². The van der Waals surface area contributed by atoms with Crippen LogP contribution in [0.15, 0.2) is 29.8 Å². The Kier molecular flexibility index (Phi) is 3.30. The number of carbonyl (C=O) groups is 1. The summed E-state index contributed by atoms with van der Waals surface area (Å²) in [6.07, 6.45) is 2.53. The van der Waals surface area contributed by atoms with E-state index in [0.29, 0.717) is 18.1 Å². The van der Waals surface area contributed by atoms with Crippen molar-refractivity contribution >= 4 is 17.4 Å². The number of ether oxygens (including phenoxy) is 1. The van der Waals surface area contributed by atoms with Gasteiger partial charge in [0.2, 0.25) is 0 Å². The van der Waals surface area contributed by atoms with E-state index in [0.717, 1.165) is 29.7 Å². The highest BCUT2D eigenvalue weighted by Crippen LogP contribution is 2.25. The third kappa shape index (κ3) is 2.45. The Labute approximate surface area is 99.9 Å². The molecule has 1 aliphatic carbocycles. The molecule has 0 saturated heterocycles. The molecule has 0 aliphatic heterocycles. The zero-order chi connectivity index (χ0) is 11.5. The summed E-state index contributed by atoms with van der Waals surface area (Å²) in [6.45, 7) is 3.86. The van der Waals surface area contributed by atoms with Gasteiger partial charge in [0.1, 0.15) is 12.4 Å². The van der Waals surface area contributed by atoms with Crippen LogP contribution < -0.4 is 4.74 Å². The molecule has 2 nitrogen and oxygen atoms in total. The zero-order valence-electron chi connectivity index (χ0n) is 8.96. The maximum atomic E-state index is 11.6. The number of halogens is 1. The van der Waals surface area contributed by atoms with E-state index in [-0.39, 0.29) is 5.78 Å². The normalized spacial score (nSPS) is 14.4. The lowest BCUT2D eigenvalue weighted by atomic mass is 9.91. The smallest absolute Gasteiger partial charge is 0.163 e. The lowest BCUT2D eigenvalue weighted by Crippen LogP contribution is -2.10. The van der Waals surface area contributed by atoms with Gasteiger partial charge in [-0.25, -0.2) is 0 Å². The van der Waals surface area contributed by atoms with Crippen LogP contribution >= 0.6 is 11.6 Å². The first-order chi connectivity index (χ1) is 7.66. The minimum atomic E-state index is 0.231. The third-order valence-corrected chi connectivity index (χ3v) is 2.73. The van der Waals surface area contributed by atoms with Crippen LogP contribution in [0.25, 0.3) is 0 Å². The second-order valence-electron chi connectivity index (χ2n) is 3.90. The van der Waals surface area contributed by atoms with E-state index in [2.05, 4.69) is 6.58 Å². The third-order valence-electron chi connectivity index (χ3n) is 2.62. The molecule has 0 spiro atoms. The van der Waals surface area contributed by atoms with E-state index in [1.807, 2.05) is 18.2 Å². The van der Waals surface area contributed by atoms with Crippen LogP contribution in [0.1, 0.15) is 28.8 Å². The SMILES string of the molecule is C=C(Cl)COc1ccc2c(c1)CCCC2=O. The fraction of sp³-hybridized carbons (Fsp3) is 0.308. The number of Topliss-reactive ketones (excluding diaryl/α,β-unsaturated/α-hetero) is 1. The minimum Gasteiger partial charge on any atom is -0.488 e. The maximum Gasteiger partial charge on any atom is 0.163 e. The Balaban J connectivity index is 2.18. The Bertz CT molecular complexity index is 438. The molecule has 0 unspecified atom stereocenters. The van der Waals surface area contributed by atoms with E-state index in [9.17, 15) is 4.79 Å². The summed E-state index contributed by atoms with van der Waals surface area (Å²) in [5, 5.41) is 0.466. The topological polar surface area (TPSA) is 26.3 Å². The number of carbonyl (C=O) groups excluding carboxylic acids is 1. The molecule has 1 aromatic rings. The molecule has 84 valence electrons. The Morgan fingerprint density at radius 3 is 3.00 bits per heavy atom. The molecule has 1 aliphatic rings. The highest BCUT2D eigenvalue weighted by atomic mass is 35.5. The monoisotopic (exact) mass is 236 g/mol. The zero-order valence-corrected chi connectivity index (χ0v) is 9.72. The van der Waals surface area contributed by atoms with Crippen LogP contribution in [0, 0.1) is 0 Å². The summed E-state index contributed by atoms with van der Waals surface area (Å²) in [4.78, 5) is 11.6. The van der Waals surface area contributed by atoms with Crippen LogP contribution in [0.2, 0.25) is 0 Å². The van der Waals surface area contributed by atoms with Gasteiger partial charge in [-0.1, -0.05) is 18.2 Å². The first-order valence-corrected chi connectivity index (χ1v) is 5.67. The van der Waals surface area contributed by atoms with E-state index >= 15 is 0 Å². The van der Waals surface area contributed by atoms with Gasteiger partial charge in [-0.3, -0.25) is 4.79 Å². The average Bonchev–Trinajstić information content (AvgIpc) is 2.26. The quantitative estimate of drug-likeness (QED) is 0.805. The Morgan fingerprint density at radius 2 is 2.25 bits per heavy atom. The number of hydrogen-bond acceptors (Lipinski definition) is 2. The van der Waals surface area contributed by atoms with Crippen LogP contribution in [0.5, 0.6) is 5.75 Å². The molecule has 0 atom stereocenters. The summed E-state index contributed by atoms with van der Waals surface area (Å²) >= 11 is 5.62. The number of ketones is 1. The molecule has 0 amide bonds. The molecule has 0 fully saturated rings. The number of fused-ring (bicyclic) bond motifs is 1. The molecule has 1 aromatic carbocycles. The first-order valence-electron chi connectivity index (χ1n) is 5.29. The van der Waals surface area contributed by atoms with Crippen molar-refractivity contribution in [3.63, 3.8) is 0 Å². The fourth-order valence-electron chi connectivity index (χ4n) is 1.87. The van der Waals surface area contributed by atoms with Crippen molar-refractivity contribution in [1.29, 1.82) is 0 Å². The minimum absolute atomic E-state index is 0.231. The summed E-state index contributed by atoms with van der Waals surface area (Å²) in [5.41, 5.74) is 1.91. The van der Waals surface area contributed by atoms with Gasteiger partial charge in [0.25, 0.3) is 0 Å². The van der Waals surface area contributed by atoms with Crippen molar-refractivity contribution < 1.29 is 9.53 Å². The van der Waals surface area contributed by atoms with Crippen LogP contribution in [-0.4, -0.2) is 12.4 Å². The predicted molar refractivity (Wildman–Crippen MR) is 64.2 cm³/mol. The van der Waals surface area contributed by atoms with Gasteiger partial charge in [-0.2, -0.15) is 0 Å². The van der Waals surface area contributed by atoms with Crippen LogP contribution in [-0.2, 0) is 6.42 Å². The second kappa shape index (κ2) is 4.71. The molecule has 2 rings (SSSR count). The summed E-state index contributed by atoms with van der Waals surface area (Å²) in [5.74, 6) is 0.977. The standard InChI is InChI=1S/C13H13ClO2/c1-9(14)8-16-11-5-6-12-10(7-11)3-2-4-13(12)15/h5-7H,1-4,8H2. The molecule has 0 N–H and O–H groups in total. The van der Waals surface area contributed by atoms with Gasteiger partial charge in [0.05, 0.1) is 0 Å². The first kappa shape index (κ1) is 11.2.